The number of ether oxygens (including phenoxy) is 1. The smallest absolute Gasteiger partial charge is 0.335 e. The third kappa shape index (κ3) is 2.87. The molecule has 96 valence electrons. The molecule has 2 unspecified atom stereocenters. The zero-order chi connectivity index (χ0) is 13.1. The molecule has 1 fully saturated rings. The number of hydrogen-bond donors (Lipinski definition) is 2. The lowest BCUT2D eigenvalue weighted by atomic mass is 10.1. The molecule has 5 nitrogen and oxygen atoms in total. The summed E-state index contributed by atoms with van der Waals surface area (Å²) in [7, 11) is 0. The van der Waals surface area contributed by atoms with Crippen molar-refractivity contribution in [3.63, 3.8) is 0 Å². The minimum atomic E-state index is -0.981. The third-order valence-corrected chi connectivity index (χ3v) is 2.97. The summed E-state index contributed by atoms with van der Waals surface area (Å²) < 4.78 is 5.34. The number of carbonyl (C=O) groups excluding carboxylic acids is 1. The fourth-order valence-electron chi connectivity index (χ4n) is 1.94. The average molecular weight is 249 g/mol. The first-order valence-electron chi connectivity index (χ1n) is 5.82. The fraction of sp³-hybridized carbons (Fsp3) is 0.385. The van der Waals surface area contributed by atoms with Crippen LogP contribution in [0.5, 0.6) is 0 Å². The maximum Gasteiger partial charge on any atom is 0.335 e. The summed E-state index contributed by atoms with van der Waals surface area (Å²) >= 11 is 0. The molecular weight excluding hydrogens is 234 g/mol. The lowest BCUT2D eigenvalue weighted by molar-refractivity contribution is -0.119. The highest BCUT2D eigenvalue weighted by Gasteiger charge is 2.28. The van der Waals surface area contributed by atoms with Crippen LogP contribution in [0.25, 0.3) is 0 Å². The number of amides is 1. The van der Waals surface area contributed by atoms with Gasteiger partial charge in [0, 0.05) is 5.69 Å². The maximum absolute atomic E-state index is 11.9. The van der Waals surface area contributed by atoms with Crippen LogP contribution < -0.4 is 5.32 Å². The monoisotopic (exact) mass is 249 g/mol. The quantitative estimate of drug-likeness (QED) is 0.855. The van der Waals surface area contributed by atoms with Gasteiger partial charge in [-0.2, -0.15) is 0 Å². The Hall–Kier alpha value is -1.88. The number of hydrogen-bond acceptors (Lipinski definition) is 3. The Morgan fingerprint density at radius 2 is 2.00 bits per heavy atom. The minimum absolute atomic E-state index is 0.0811. The second-order valence-electron chi connectivity index (χ2n) is 4.45. The molecule has 18 heavy (non-hydrogen) atoms. The van der Waals surface area contributed by atoms with E-state index in [4.69, 9.17) is 9.84 Å². The fourth-order valence-corrected chi connectivity index (χ4v) is 1.94. The predicted octanol–water partition coefficient (Wildman–Crippen LogP) is 1.75. The first-order chi connectivity index (χ1) is 8.56. The Labute approximate surface area is 105 Å². The molecule has 1 aliphatic heterocycles. The molecule has 1 aromatic rings. The Kier molecular flexibility index (Phi) is 3.62. The summed E-state index contributed by atoms with van der Waals surface area (Å²) in [6.45, 7) is 2.38. The van der Waals surface area contributed by atoms with Crippen LogP contribution in [0.15, 0.2) is 24.3 Å². The molecule has 1 aromatic carbocycles. The van der Waals surface area contributed by atoms with Crippen molar-refractivity contribution in [2.24, 2.45) is 5.92 Å². The van der Waals surface area contributed by atoms with Crippen molar-refractivity contribution in [1.82, 2.24) is 0 Å². The van der Waals surface area contributed by atoms with Crippen molar-refractivity contribution in [2.45, 2.75) is 19.4 Å². The number of rotatable bonds is 3. The van der Waals surface area contributed by atoms with Gasteiger partial charge in [0.2, 0.25) is 5.91 Å². The summed E-state index contributed by atoms with van der Waals surface area (Å²) in [6, 6.07) is 6.10. The average Bonchev–Trinajstić information content (AvgIpc) is 2.76. The van der Waals surface area contributed by atoms with Crippen LogP contribution in [-0.4, -0.2) is 29.7 Å². The molecule has 0 saturated carbocycles. The molecule has 0 bridgehead atoms. The van der Waals surface area contributed by atoms with Gasteiger partial charge in [-0.15, -0.1) is 0 Å². The van der Waals surface area contributed by atoms with Crippen LogP contribution in [0.3, 0.4) is 0 Å². The van der Waals surface area contributed by atoms with E-state index in [-0.39, 0.29) is 23.5 Å². The molecule has 2 N–H and O–H groups in total. The Morgan fingerprint density at radius 1 is 1.33 bits per heavy atom. The van der Waals surface area contributed by atoms with Gasteiger partial charge in [-0.05, 0) is 37.6 Å². The molecule has 0 aromatic heterocycles. The maximum atomic E-state index is 11.9. The Bertz CT molecular complexity index is 455. The molecule has 1 aliphatic rings. The van der Waals surface area contributed by atoms with Gasteiger partial charge in [0.1, 0.15) is 0 Å². The lowest BCUT2D eigenvalue weighted by Crippen LogP contribution is -2.23. The van der Waals surface area contributed by atoms with Crippen LogP contribution in [0, 0.1) is 5.92 Å². The molecule has 1 saturated heterocycles. The number of aromatic carboxylic acids is 1. The summed E-state index contributed by atoms with van der Waals surface area (Å²) in [5.74, 6) is -1.19. The minimum Gasteiger partial charge on any atom is -0.478 e. The topological polar surface area (TPSA) is 75.6 Å². The predicted molar refractivity (Wildman–Crippen MR) is 65.6 cm³/mol. The number of carbonyl (C=O) groups is 2. The molecule has 2 atom stereocenters. The van der Waals surface area contributed by atoms with Crippen molar-refractivity contribution in [2.75, 3.05) is 11.9 Å². The van der Waals surface area contributed by atoms with E-state index in [9.17, 15) is 9.59 Å². The van der Waals surface area contributed by atoms with Gasteiger partial charge in [0.15, 0.2) is 0 Å². The SMILES string of the molecule is CC1CC(C(=O)Nc2ccc(C(=O)O)cc2)CO1. The van der Waals surface area contributed by atoms with Crippen LogP contribution in [0.1, 0.15) is 23.7 Å². The van der Waals surface area contributed by atoms with Gasteiger partial charge in [0.05, 0.1) is 24.2 Å². The van der Waals surface area contributed by atoms with Gasteiger partial charge >= 0.3 is 5.97 Å². The molecular formula is C13H15NO4. The van der Waals surface area contributed by atoms with Crippen molar-refractivity contribution < 1.29 is 19.4 Å². The molecule has 2 rings (SSSR count). The molecule has 1 amide bonds. The zero-order valence-electron chi connectivity index (χ0n) is 10.1. The molecule has 0 spiro atoms. The van der Waals surface area contributed by atoms with Gasteiger partial charge in [-0.25, -0.2) is 4.79 Å². The Balaban J connectivity index is 1.97. The first kappa shape index (κ1) is 12.6. The van der Waals surface area contributed by atoms with E-state index in [2.05, 4.69) is 5.32 Å². The number of benzene rings is 1. The highest BCUT2D eigenvalue weighted by atomic mass is 16.5. The number of nitrogens with one attached hydrogen (secondary N) is 1. The van der Waals surface area contributed by atoms with E-state index in [0.717, 1.165) is 6.42 Å². The highest BCUT2D eigenvalue weighted by Crippen LogP contribution is 2.21. The van der Waals surface area contributed by atoms with Crippen molar-refractivity contribution in [3.8, 4) is 0 Å². The van der Waals surface area contributed by atoms with E-state index in [1.807, 2.05) is 6.92 Å². The second-order valence-corrected chi connectivity index (χ2v) is 4.45. The highest BCUT2D eigenvalue weighted by molar-refractivity contribution is 5.94. The van der Waals surface area contributed by atoms with E-state index in [0.29, 0.717) is 12.3 Å². The van der Waals surface area contributed by atoms with Gasteiger partial charge < -0.3 is 15.2 Å². The number of carboxylic acids is 1. The van der Waals surface area contributed by atoms with Crippen LogP contribution in [-0.2, 0) is 9.53 Å². The zero-order valence-corrected chi connectivity index (χ0v) is 10.1. The summed E-state index contributed by atoms with van der Waals surface area (Å²) in [4.78, 5) is 22.5. The summed E-state index contributed by atoms with van der Waals surface area (Å²) in [6.07, 6.45) is 0.842. The largest absolute Gasteiger partial charge is 0.478 e. The van der Waals surface area contributed by atoms with Gasteiger partial charge in [-0.3, -0.25) is 4.79 Å². The van der Waals surface area contributed by atoms with Crippen LogP contribution in [0.4, 0.5) is 5.69 Å². The van der Waals surface area contributed by atoms with Crippen molar-refractivity contribution in [3.05, 3.63) is 29.8 Å². The van der Waals surface area contributed by atoms with Crippen molar-refractivity contribution in [1.29, 1.82) is 0 Å². The van der Waals surface area contributed by atoms with E-state index in [1.165, 1.54) is 12.1 Å². The molecule has 0 aliphatic carbocycles. The molecule has 5 heteroatoms. The molecule has 0 radical (unpaired) electrons. The second kappa shape index (κ2) is 5.18. The summed E-state index contributed by atoms with van der Waals surface area (Å²) in [5.41, 5.74) is 0.801. The van der Waals surface area contributed by atoms with Crippen molar-refractivity contribution >= 4 is 17.6 Å². The lowest BCUT2D eigenvalue weighted by Gasteiger charge is -2.09. The molecule has 1 heterocycles. The van der Waals surface area contributed by atoms with E-state index in [1.54, 1.807) is 12.1 Å². The third-order valence-electron chi connectivity index (χ3n) is 2.97. The normalized spacial score (nSPS) is 22.7. The summed E-state index contributed by atoms with van der Waals surface area (Å²) in [5, 5.41) is 11.5. The van der Waals surface area contributed by atoms with Crippen LogP contribution >= 0.6 is 0 Å². The van der Waals surface area contributed by atoms with Crippen LogP contribution in [0.2, 0.25) is 0 Å². The van der Waals surface area contributed by atoms with E-state index < -0.39 is 5.97 Å². The Morgan fingerprint density at radius 3 is 2.50 bits per heavy atom. The van der Waals surface area contributed by atoms with Gasteiger partial charge in [0.25, 0.3) is 0 Å². The first-order valence-corrected chi connectivity index (χ1v) is 5.82. The number of carboxylic acid groups (broad SMARTS) is 1. The standard InChI is InChI=1S/C13H15NO4/c1-8-6-10(7-18-8)12(15)14-11-4-2-9(3-5-11)13(16)17/h2-5,8,10H,6-7H2,1H3,(H,14,15)(H,16,17). The van der Waals surface area contributed by atoms with Gasteiger partial charge in [-0.1, -0.05) is 0 Å². The van der Waals surface area contributed by atoms with E-state index >= 15 is 0 Å². The number of anilines is 1.